The molecule has 0 bridgehead atoms. The fourth-order valence-electron chi connectivity index (χ4n) is 5.43. The van der Waals surface area contributed by atoms with Crippen LogP contribution >= 0.6 is 15.9 Å². The molecule has 2 saturated heterocycles. The van der Waals surface area contributed by atoms with Crippen molar-refractivity contribution < 1.29 is 42.8 Å². The van der Waals surface area contributed by atoms with Crippen LogP contribution in [0.2, 0.25) is 0 Å². The van der Waals surface area contributed by atoms with Gasteiger partial charge in [0.2, 0.25) is 0 Å². The van der Waals surface area contributed by atoms with E-state index in [4.69, 9.17) is 9.47 Å². The number of carbonyl (C=O) groups excluding carboxylic acids is 1. The third-order valence-electron chi connectivity index (χ3n) is 7.49. The maximum atomic E-state index is 14.3. The topological polar surface area (TPSA) is 166 Å². The summed E-state index contributed by atoms with van der Waals surface area (Å²) in [5, 5.41) is 52.4. The molecule has 2 aromatic carbocycles. The van der Waals surface area contributed by atoms with Gasteiger partial charge in [0.15, 0.2) is 23.6 Å². The number of nitrogens with one attached hydrogen (secondary N) is 1. The summed E-state index contributed by atoms with van der Waals surface area (Å²) in [6.07, 6.45) is -5.33. The third-order valence-corrected chi connectivity index (χ3v) is 7.95. The van der Waals surface area contributed by atoms with Gasteiger partial charge in [-0.1, -0.05) is 21.1 Å². The molecule has 43 heavy (non-hydrogen) atoms. The minimum Gasteiger partial charge on any atom is -0.394 e. The number of aromatic nitrogens is 3. The smallest absolute Gasteiger partial charge is 0.259 e. The zero-order valence-corrected chi connectivity index (χ0v) is 24.0. The van der Waals surface area contributed by atoms with Gasteiger partial charge in [0, 0.05) is 35.9 Å². The van der Waals surface area contributed by atoms with Crippen LogP contribution in [-0.2, 0) is 14.3 Å². The lowest BCUT2D eigenvalue weighted by molar-refractivity contribution is -0.211. The molecule has 1 amide bonds. The molecular formula is C27H26BrF3N6O6. The van der Waals surface area contributed by atoms with Crippen molar-refractivity contribution >= 4 is 27.5 Å². The lowest BCUT2D eigenvalue weighted by atomic mass is 9.91. The molecule has 1 aromatic heterocycles. The number of hydrogen-bond acceptors (Lipinski definition) is 10. The van der Waals surface area contributed by atoms with Crippen LogP contribution in [0.3, 0.4) is 0 Å². The molecule has 0 spiro atoms. The van der Waals surface area contributed by atoms with Gasteiger partial charge in [-0.25, -0.2) is 17.9 Å². The molecule has 228 valence electrons. The molecule has 3 aromatic rings. The standard InChI is InChI=1S/C27H26BrF3N6O6/c1-42-25-23(36-10-18(34-35-36)13-4-16(29)22(31)17(30)5-13)24(40)21(11-38)43-26(25)27(41)37(19-8-33-9-20(19)39)15-3-12(7-32)2-14(28)6-15/h2-6,10,19-21,23-26,33,38-40H,8-9,11H2,1H3/t19-,20-,21+,23-,24-,25+,26+/m0/s1. The van der Waals surface area contributed by atoms with Crippen molar-refractivity contribution in [1.82, 2.24) is 20.3 Å². The number of nitriles is 1. The van der Waals surface area contributed by atoms with Gasteiger partial charge in [-0.2, -0.15) is 5.26 Å². The van der Waals surface area contributed by atoms with Gasteiger partial charge in [-0.15, -0.1) is 5.10 Å². The Balaban J connectivity index is 1.55. The Labute approximate surface area is 251 Å². The number of carbonyl (C=O) groups is 1. The highest BCUT2D eigenvalue weighted by molar-refractivity contribution is 9.10. The van der Waals surface area contributed by atoms with Crippen LogP contribution in [0, 0.1) is 28.8 Å². The quantitative estimate of drug-likeness (QED) is 0.268. The lowest BCUT2D eigenvalue weighted by Crippen LogP contribution is -2.63. The van der Waals surface area contributed by atoms with Gasteiger partial charge in [0.25, 0.3) is 5.91 Å². The summed E-state index contributed by atoms with van der Waals surface area (Å²) in [6.45, 7) is -0.311. The van der Waals surface area contributed by atoms with Crippen LogP contribution in [0.15, 0.2) is 41.0 Å². The zero-order valence-electron chi connectivity index (χ0n) is 22.4. The second-order valence-electron chi connectivity index (χ2n) is 10.1. The van der Waals surface area contributed by atoms with Gasteiger partial charge >= 0.3 is 0 Å². The van der Waals surface area contributed by atoms with Crippen molar-refractivity contribution in [1.29, 1.82) is 5.26 Å². The first-order valence-corrected chi connectivity index (χ1v) is 13.8. The molecule has 0 radical (unpaired) electrons. The van der Waals surface area contributed by atoms with Crippen LogP contribution in [0.1, 0.15) is 11.6 Å². The average molecular weight is 667 g/mol. The summed E-state index contributed by atoms with van der Waals surface area (Å²) in [5.41, 5.74) is 0.297. The summed E-state index contributed by atoms with van der Waals surface area (Å²) in [6, 6.07) is 6.11. The Morgan fingerprint density at radius 2 is 1.95 bits per heavy atom. The van der Waals surface area contributed by atoms with Crippen LogP contribution in [0.5, 0.6) is 0 Å². The van der Waals surface area contributed by atoms with E-state index in [-0.39, 0.29) is 35.6 Å². The van der Waals surface area contributed by atoms with E-state index in [9.17, 15) is 38.5 Å². The number of halogens is 4. The normalized spacial score (nSPS) is 27.2. The number of anilines is 1. The average Bonchev–Trinajstić information content (AvgIpc) is 3.64. The number of hydrogen-bond donors (Lipinski definition) is 4. The van der Waals surface area contributed by atoms with Gasteiger partial charge in [-0.05, 0) is 30.3 Å². The maximum absolute atomic E-state index is 14.3. The number of β-amino-alcohol motifs (C(OH)–C–C–N with tert-alkyl or cyclic N) is 1. The molecule has 5 rings (SSSR count). The minimum absolute atomic E-state index is 0.0743. The number of methoxy groups -OCH3 is 1. The molecule has 4 N–H and O–H groups in total. The lowest BCUT2D eigenvalue weighted by Gasteiger charge is -2.45. The predicted octanol–water partition coefficient (Wildman–Crippen LogP) is 1.04. The first-order valence-electron chi connectivity index (χ1n) is 13.0. The summed E-state index contributed by atoms with van der Waals surface area (Å²) >= 11 is 3.34. The Hall–Kier alpha value is -3.43. The number of nitrogens with zero attached hydrogens (tertiary/aromatic N) is 5. The molecule has 7 atom stereocenters. The Morgan fingerprint density at radius 1 is 1.23 bits per heavy atom. The van der Waals surface area contributed by atoms with Crippen molar-refractivity contribution in [3.8, 4) is 17.3 Å². The van der Waals surface area contributed by atoms with E-state index < -0.39 is 72.6 Å². The molecule has 2 aliphatic heterocycles. The number of rotatable bonds is 7. The fraction of sp³-hybridized carbons (Fsp3) is 0.407. The highest BCUT2D eigenvalue weighted by Crippen LogP contribution is 2.36. The van der Waals surface area contributed by atoms with Crippen molar-refractivity contribution in [2.75, 3.05) is 31.7 Å². The number of aliphatic hydroxyl groups is 3. The fourth-order valence-corrected chi connectivity index (χ4v) is 5.91. The van der Waals surface area contributed by atoms with Crippen LogP contribution in [0.4, 0.5) is 18.9 Å². The molecule has 2 aliphatic rings. The molecule has 0 saturated carbocycles. The van der Waals surface area contributed by atoms with E-state index in [0.29, 0.717) is 4.47 Å². The Bertz CT molecular complexity index is 1530. The number of amides is 1. The van der Waals surface area contributed by atoms with Crippen molar-refractivity contribution in [3.63, 3.8) is 0 Å². The van der Waals surface area contributed by atoms with Gasteiger partial charge < -0.3 is 35.0 Å². The van der Waals surface area contributed by atoms with Gasteiger partial charge in [0.1, 0.15) is 30.0 Å². The molecule has 0 aliphatic carbocycles. The minimum atomic E-state index is -1.65. The SMILES string of the molecule is CO[C@@H]1[C@@H](n2cc(-c3cc(F)c(F)c(F)c3)nn2)[C@@H](O)[C@@H](CO)O[C@H]1C(=O)N(c1cc(Br)cc(C#N)c1)[C@H]1CNC[C@@H]1O. The highest BCUT2D eigenvalue weighted by Gasteiger charge is 2.52. The van der Waals surface area contributed by atoms with E-state index in [1.807, 2.05) is 6.07 Å². The summed E-state index contributed by atoms with van der Waals surface area (Å²) < 4.78 is 54.4. The van der Waals surface area contributed by atoms with Gasteiger partial charge in [-0.3, -0.25) is 4.79 Å². The van der Waals surface area contributed by atoms with Crippen LogP contribution in [0.25, 0.3) is 11.3 Å². The van der Waals surface area contributed by atoms with E-state index in [1.165, 1.54) is 24.3 Å². The maximum Gasteiger partial charge on any atom is 0.259 e. The second-order valence-corrected chi connectivity index (χ2v) is 11.0. The third kappa shape index (κ3) is 5.89. The molecular weight excluding hydrogens is 641 g/mol. The molecule has 0 unspecified atom stereocenters. The van der Waals surface area contributed by atoms with Crippen molar-refractivity contribution in [2.45, 2.75) is 42.6 Å². The Kier molecular flexibility index (Phi) is 9.13. The second kappa shape index (κ2) is 12.7. The predicted molar refractivity (Wildman–Crippen MR) is 146 cm³/mol. The largest absolute Gasteiger partial charge is 0.394 e. The van der Waals surface area contributed by atoms with E-state index in [2.05, 4.69) is 31.6 Å². The Morgan fingerprint density at radius 3 is 2.56 bits per heavy atom. The first kappa shape index (κ1) is 31.0. The summed E-state index contributed by atoms with van der Waals surface area (Å²) in [7, 11) is 1.26. The zero-order chi connectivity index (χ0) is 31.0. The summed E-state index contributed by atoms with van der Waals surface area (Å²) in [5.74, 6) is -5.23. The molecule has 2 fully saturated rings. The monoisotopic (exact) mass is 666 g/mol. The summed E-state index contributed by atoms with van der Waals surface area (Å²) in [4.78, 5) is 15.6. The van der Waals surface area contributed by atoms with Crippen molar-refractivity contribution in [2.24, 2.45) is 0 Å². The van der Waals surface area contributed by atoms with Crippen molar-refractivity contribution in [3.05, 3.63) is 64.0 Å². The highest BCUT2D eigenvalue weighted by atomic mass is 79.9. The van der Waals surface area contributed by atoms with Gasteiger partial charge in [0.05, 0.1) is 36.6 Å². The van der Waals surface area contributed by atoms with Crippen LogP contribution < -0.4 is 10.2 Å². The van der Waals surface area contributed by atoms with E-state index >= 15 is 0 Å². The number of ether oxygens (including phenoxy) is 2. The van der Waals surface area contributed by atoms with Crippen LogP contribution in [-0.4, -0.2) is 99.6 Å². The number of benzene rings is 2. The molecule has 3 heterocycles. The van der Waals surface area contributed by atoms with E-state index in [0.717, 1.165) is 16.8 Å². The molecule has 16 heteroatoms. The first-order chi connectivity index (χ1) is 20.6. The van der Waals surface area contributed by atoms with E-state index in [1.54, 1.807) is 12.1 Å². The molecule has 12 nitrogen and oxygen atoms in total. The number of aliphatic hydroxyl groups excluding tert-OH is 3.